The van der Waals surface area contributed by atoms with Gasteiger partial charge in [-0.25, -0.2) is 4.68 Å². The zero-order valence-electron chi connectivity index (χ0n) is 18.4. The van der Waals surface area contributed by atoms with Gasteiger partial charge in [0.2, 0.25) is 0 Å². The molecule has 0 unspecified atom stereocenters. The standard InChI is InChI=1S/C23H31N7O/c1-16-8-9-20-17(14-16)15-19(23(31)24-20)21(29-12-10-28(2)11-13-29)22-25-26-27-30(22)18-6-4-3-5-7-18/h8-9,14-15,18,21H,3-7,10-13H2,1-2H3,(H,24,31)/t21-/m1/s1. The van der Waals surface area contributed by atoms with Gasteiger partial charge in [-0.2, -0.15) is 0 Å². The molecule has 1 aliphatic heterocycles. The summed E-state index contributed by atoms with van der Waals surface area (Å²) in [7, 11) is 2.14. The Hall–Kier alpha value is -2.58. The second kappa shape index (κ2) is 8.51. The summed E-state index contributed by atoms with van der Waals surface area (Å²) in [4.78, 5) is 21.1. The lowest BCUT2D eigenvalue weighted by Crippen LogP contribution is -2.47. The molecule has 1 saturated carbocycles. The number of nitrogens with zero attached hydrogens (tertiary/aromatic N) is 6. The molecule has 1 atom stereocenters. The Morgan fingerprint density at radius 2 is 1.84 bits per heavy atom. The van der Waals surface area contributed by atoms with E-state index in [2.05, 4.69) is 50.3 Å². The van der Waals surface area contributed by atoms with Crippen molar-refractivity contribution >= 4 is 10.9 Å². The molecule has 1 aliphatic carbocycles. The van der Waals surface area contributed by atoms with Gasteiger partial charge in [-0.1, -0.05) is 30.9 Å². The largest absolute Gasteiger partial charge is 0.322 e. The van der Waals surface area contributed by atoms with Crippen molar-refractivity contribution in [3.8, 4) is 0 Å². The van der Waals surface area contributed by atoms with Crippen LogP contribution in [-0.2, 0) is 0 Å². The van der Waals surface area contributed by atoms with Crippen molar-refractivity contribution in [2.75, 3.05) is 33.2 Å². The number of tetrazole rings is 1. The third-order valence-corrected chi connectivity index (χ3v) is 6.91. The number of benzene rings is 1. The van der Waals surface area contributed by atoms with E-state index in [1.165, 1.54) is 24.8 Å². The van der Waals surface area contributed by atoms with E-state index in [1.54, 1.807) is 0 Å². The van der Waals surface area contributed by atoms with Crippen LogP contribution in [0.5, 0.6) is 0 Å². The fourth-order valence-electron chi connectivity index (χ4n) is 5.09. The van der Waals surface area contributed by atoms with Gasteiger partial charge in [0.1, 0.15) is 6.04 Å². The first-order valence-corrected chi connectivity index (χ1v) is 11.4. The molecule has 3 aromatic rings. The minimum atomic E-state index is -0.251. The van der Waals surface area contributed by atoms with E-state index in [0.717, 1.165) is 61.3 Å². The Morgan fingerprint density at radius 1 is 1.06 bits per heavy atom. The number of likely N-dealkylation sites (N-methyl/N-ethyl adjacent to an activating group) is 1. The average molecular weight is 422 g/mol. The number of aromatic amines is 1. The van der Waals surface area contributed by atoms with Crippen molar-refractivity contribution in [1.82, 2.24) is 35.0 Å². The van der Waals surface area contributed by atoms with Crippen molar-refractivity contribution in [3.63, 3.8) is 0 Å². The van der Waals surface area contributed by atoms with Crippen LogP contribution in [0.3, 0.4) is 0 Å². The van der Waals surface area contributed by atoms with Gasteiger partial charge in [0.05, 0.1) is 6.04 Å². The summed E-state index contributed by atoms with van der Waals surface area (Å²) in [6, 6.07) is 8.24. The molecule has 3 heterocycles. The van der Waals surface area contributed by atoms with Crippen LogP contribution in [0.4, 0.5) is 0 Å². The Balaban J connectivity index is 1.62. The summed E-state index contributed by atoms with van der Waals surface area (Å²) in [5.41, 5.74) is 2.71. The number of aryl methyl sites for hydroxylation is 1. The molecule has 164 valence electrons. The molecule has 0 amide bonds. The smallest absolute Gasteiger partial charge is 0.253 e. The summed E-state index contributed by atoms with van der Waals surface area (Å²) in [5, 5.41) is 14.0. The maximum Gasteiger partial charge on any atom is 0.253 e. The molecule has 1 aromatic carbocycles. The monoisotopic (exact) mass is 421 g/mol. The predicted molar refractivity (Wildman–Crippen MR) is 120 cm³/mol. The maximum atomic E-state index is 13.3. The second-order valence-corrected chi connectivity index (χ2v) is 9.16. The van der Waals surface area contributed by atoms with E-state index in [-0.39, 0.29) is 11.6 Å². The van der Waals surface area contributed by atoms with Crippen LogP contribution < -0.4 is 5.56 Å². The van der Waals surface area contributed by atoms with Crippen molar-refractivity contribution in [3.05, 3.63) is 51.6 Å². The van der Waals surface area contributed by atoms with Crippen molar-refractivity contribution < 1.29 is 0 Å². The van der Waals surface area contributed by atoms with Gasteiger partial charge in [0.25, 0.3) is 5.56 Å². The third kappa shape index (κ3) is 4.02. The number of aromatic nitrogens is 5. The first-order valence-electron chi connectivity index (χ1n) is 11.4. The van der Waals surface area contributed by atoms with E-state index in [1.807, 2.05) is 22.9 Å². The molecule has 8 nitrogen and oxygen atoms in total. The summed E-state index contributed by atoms with van der Waals surface area (Å²) >= 11 is 0. The second-order valence-electron chi connectivity index (χ2n) is 9.16. The SMILES string of the molecule is Cc1ccc2[nH]c(=O)c([C@H](c3nnnn3C3CCCCC3)N3CCN(C)CC3)cc2c1. The van der Waals surface area contributed by atoms with Crippen LogP contribution in [-0.4, -0.2) is 68.2 Å². The minimum absolute atomic E-state index is 0.0570. The van der Waals surface area contributed by atoms with Crippen LogP contribution in [0.1, 0.15) is 61.1 Å². The number of nitrogens with one attached hydrogen (secondary N) is 1. The lowest BCUT2D eigenvalue weighted by Gasteiger charge is -2.37. The highest BCUT2D eigenvalue weighted by Crippen LogP contribution is 2.33. The number of rotatable bonds is 4. The highest BCUT2D eigenvalue weighted by molar-refractivity contribution is 5.79. The van der Waals surface area contributed by atoms with Gasteiger partial charge >= 0.3 is 0 Å². The van der Waals surface area contributed by atoms with Gasteiger partial charge in [0.15, 0.2) is 5.82 Å². The number of fused-ring (bicyclic) bond motifs is 1. The van der Waals surface area contributed by atoms with E-state index >= 15 is 0 Å². The molecular weight excluding hydrogens is 390 g/mol. The van der Waals surface area contributed by atoms with E-state index in [4.69, 9.17) is 0 Å². The molecule has 1 N–H and O–H groups in total. The van der Waals surface area contributed by atoms with Crippen LogP contribution in [0.15, 0.2) is 29.1 Å². The normalized spacial score (nSPS) is 20.3. The Bertz CT molecular complexity index is 1110. The van der Waals surface area contributed by atoms with Crippen molar-refractivity contribution in [2.24, 2.45) is 0 Å². The van der Waals surface area contributed by atoms with Gasteiger partial charge in [-0.15, -0.1) is 5.10 Å². The molecule has 1 saturated heterocycles. The molecule has 8 heteroatoms. The molecule has 0 spiro atoms. The Kier molecular flexibility index (Phi) is 5.58. The fourth-order valence-corrected chi connectivity index (χ4v) is 5.09. The predicted octanol–water partition coefficient (Wildman–Crippen LogP) is 2.67. The molecular formula is C23H31N7O. The molecule has 0 bridgehead atoms. The van der Waals surface area contributed by atoms with E-state index in [9.17, 15) is 4.79 Å². The van der Waals surface area contributed by atoms with Gasteiger partial charge in [0, 0.05) is 37.3 Å². The van der Waals surface area contributed by atoms with Crippen LogP contribution in [0.2, 0.25) is 0 Å². The Morgan fingerprint density at radius 3 is 2.61 bits per heavy atom. The molecule has 0 radical (unpaired) electrons. The van der Waals surface area contributed by atoms with Gasteiger partial charge in [-0.3, -0.25) is 9.69 Å². The molecule has 5 rings (SSSR count). The molecule has 2 aromatic heterocycles. The molecule has 2 aliphatic rings. The lowest BCUT2D eigenvalue weighted by molar-refractivity contribution is 0.119. The van der Waals surface area contributed by atoms with Crippen molar-refractivity contribution in [1.29, 1.82) is 0 Å². The topological polar surface area (TPSA) is 82.9 Å². The number of piperazine rings is 1. The number of pyridine rings is 1. The van der Waals surface area contributed by atoms with E-state index < -0.39 is 0 Å². The van der Waals surface area contributed by atoms with Crippen LogP contribution >= 0.6 is 0 Å². The van der Waals surface area contributed by atoms with Crippen LogP contribution in [0.25, 0.3) is 10.9 Å². The highest BCUT2D eigenvalue weighted by atomic mass is 16.1. The Labute approximate surface area is 182 Å². The summed E-state index contributed by atoms with van der Waals surface area (Å²) in [6.45, 7) is 5.76. The molecule has 31 heavy (non-hydrogen) atoms. The minimum Gasteiger partial charge on any atom is -0.322 e. The summed E-state index contributed by atoms with van der Waals surface area (Å²) < 4.78 is 2.02. The average Bonchev–Trinajstić information content (AvgIpc) is 3.26. The third-order valence-electron chi connectivity index (χ3n) is 6.91. The van der Waals surface area contributed by atoms with Gasteiger partial charge in [-0.05, 0) is 60.8 Å². The number of H-pyrrole nitrogens is 1. The fraction of sp³-hybridized carbons (Fsp3) is 0.565. The lowest BCUT2D eigenvalue weighted by atomic mass is 9.95. The summed E-state index contributed by atoms with van der Waals surface area (Å²) in [6.07, 6.45) is 5.89. The first-order chi connectivity index (χ1) is 15.1. The van der Waals surface area contributed by atoms with Gasteiger partial charge < -0.3 is 9.88 Å². The van der Waals surface area contributed by atoms with Crippen molar-refractivity contribution in [2.45, 2.75) is 51.1 Å². The zero-order chi connectivity index (χ0) is 21.4. The zero-order valence-corrected chi connectivity index (χ0v) is 18.4. The van der Waals surface area contributed by atoms with Crippen LogP contribution in [0, 0.1) is 6.92 Å². The molecule has 2 fully saturated rings. The maximum absolute atomic E-state index is 13.3. The quantitative estimate of drug-likeness (QED) is 0.697. The number of hydrogen-bond donors (Lipinski definition) is 1. The summed E-state index contributed by atoms with van der Waals surface area (Å²) in [5.74, 6) is 0.800. The number of hydrogen-bond acceptors (Lipinski definition) is 6. The highest BCUT2D eigenvalue weighted by Gasteiger charge is 2.34. The van der Waals surface area contributed by atoms with E-state index in [0.29, 0.717) is 6.04 Å². The first kappa shape index (κ1) is 20.3.